The second-order valence-electron chi connectivity index (χ2n) is 4.57. The maximum Gasteiger partial charge on any atom is 0.122 e. The Morgan fingerprint density at radius 2 is 1.73 bits per heavy atom. The molecule has 15 heavy (non-hydrogen) atoms. The van der Waals surface area contributed by atoms with E-state index in [1.807, 2.05) is 52.0 Å². The van der Waals surface area contributed by atoms with Crippen molar-refractivity contribution >= 4 is 0 Å². The van der Waals surface area contributed by atoms with Gasteiger partial charge in [-0.2, -0.15) is 0 Å². The molecule has 0 aliphatic rings. The summed E-state index contributed by atoms with van der Waals surface area (Å²) in [6.45, 7) is 9.39. The Labute approximate surface area is 92.2 Å². The summed E-state index contributed by atoms with van der Waals surface area (Å²) >= 11 is 0. The van der Waals surface area contributed by atoms with Crippen molar-refractivity contribution in [1.82, 2.24) is 0 Å². The summed E-state index contributed by atoms with van der Waals surface area (Å²) < 4.78 is 11.2. The molecule has 2 heteroatoms. The van der Waals surface area contributed by atoms with E-state index in [-0.39, 0.29) is 5.60 Å². The predicted molar refractivity (Wildman–Crippen MR) is 62.4 cm³/mol. The first-order valence-electron chi connectivity index (χ1n) is 5.31. The van der Waals surface area contributed by atoms with Crippen molar-refractivity contribution in [2.24, 2.45) is 0 Å². The fourth-order valence-electron chi connectivity index (χ4n) is 1.22. The second-order valence-corrected chi connectivity index (χ2v) is 4.57. The van der Waals surface area contributed by atoms with Crippen molar-refractivity contribution in [2.75, 3.05) is 13.2 Å². The SMILES string of the molecule is Cc1ccccc1OCCOC(C)(C)C. The lowest BCUT2D eigenvalue weighted by Crippen LogP contribution is -2.22. The van der Waals surface area contributed by atoms with E-state index in [0.29, 0.717) is 13.2 Å². The van der Waals surface area contributed by atoms with Gasteiger partial charge in [-0.15, -0.1) is 0 Å². The third-order valence-electron chi connectivity index (χ3n) is 1.97. The maximum atomic E-state index is 5.61. The van der Waals surface area contributed by atoms with Crippen molar-refractivity contribution in [3.8, 4) is 5.75 Å². The molecule has 0 aliphatic heterocycles. The van der Waals surface area contributed by atoms with Crippen LogP contribution in [0.4, 0.5) is 0 Å². The summed E-state index contributed by atoms with van der Waals surface area (Å²) in [4.78, 5) is 0. The monoisotopic (exact) mass is 208 g/mol. The summed E-state index contributed by atoms with van der Waals surface area (Å²) in [5, 5.41) is 0. The predicted octanol–water partition coefficient (Wildman–Crippen LogP) is 3.19. The van der Waals surface area contributed by atoms with Gasteiger partial charge in [-0.25, -0.2) is 0 Å². The van der Waals surface area contributed by atoms with Crippen molar-refractivity contribution < 1.29 is 9.47 Å². The summed E-state index contributed by atoms with van der Waals surface area (Å²) in [6, 6.07) is 8.01. The van der Waals surface area contributed by atoms with Crippen LogP contribution in [0.5, 0.6) is 5.75 Å². The summed E-state index contributed by atoms with van der Waals surface area (Å²) in [6.07, 6.45) is 0. The Morgan fingerprint density at radius 1 is 1.07 bits per heavy atom. The molecular weight excluding hydrogens is 188 g/mol. The van der Waals surface area contributed by atoms with Gasteiger partial charge in [-0.1, -0.05) is 18.2 Å². The highest BCUT2D eigenvalue weighted by Crippen LogP contribution is 2.16. The molecule has 0 aromatic heterocycles. The largest absolute Gasteiger partial charge is 0.491 e. The Hall–Kier alpha value is -1.02. The van der Waals surface area contributed by atoms with E-state index in [1.165, 1.54) is 0 Å². The molecule has 0 radical (unpaired) electrons. The zero-order valence-electron chi connectivity index (χ0n) is 10.0. The molecule has 0 unspecified atom stereocenters. The van der Waals surface area contributed by atoms with Gasteiger partial charge in [0.25, 0.3) is 0 Å². The maximum absolute atomic E-state index is 5.61. The molecule has 0 aliphatic carbocycles. The minimum absolute atomic E-state index is 0.0882. The molecule has 0 fully saturated rings. The van der Waals surface area contributed by atoms with E-state index in [2.05, 4.69) is 0 Å². The Bertz CT molecular complexity index is 300. The molecular formula is C13H20O2. The molecule has 1 aromatic carbocycles. The first kappa shape index (κ1) is 12.1. The average Bonchev–Trinajstić information content (AvgIpc) is 2.13. The minimum Gasteiger partial charge on any atom is -0.491 e. The van der Waals surface area contributed by atoms with E-state index in [4.69, 9.17) is 9.47 Å². The topological polar surface area (TPSA) is 18.5 Å². The van der Waals surface area contributed by atoms with Gasteiger partial charge >= 0.3 is 0 Å². The van der Waals surface area contributed by atoms with Crippen LogP contribution in [0.1, 0.15) is 26.3 Å². The molecule has 84 valence electrons. The van der Waals surface area contributed by atoms with Crippen LogP contribution in [0.15, 0.2) is 24.3 Å². The van der Waals surface area contributed by atoms with Crippen LogP contribution in [0.3, 0.4) is 0 Å². The van der Waals surface area contributed by atoms with Crippen LogP contribution >= 0.6 is 0 Å². The third kappa shape index (κ3) is 4.84. The smallest absolute Gasteiger partial charge is 0.122 e. The molecule has 0 bridgehead atoms. The van der Waals surface area contributed by atoms with E-state index >= 15 is 0 Å². The molecule has 1 rings (SSSR count). The van der Waals surface area contributed by atoms with Gasteiger partial charge in [-0.3, -0.25) is 0 Å². The average molecular weight is 208 g/mol. The van der Waals surface area contributed by atoms with Crippen LogP contribution in [-0.2, 0) is 4.74 Å². The highest BCUT2D eigenvalue weighted by molar-refractivity contribution is 5.31. The van der Waals surface area contributed by atoms with Gasteiger partial charge in [0, 0.05) is 0 Å². The number of hydrogen-bond donors (Lipinski definition) is 0. The van der Waals surface area contributed by atoms with E-state index in [9.17, 15) is 0 Å². The molecule has 0 heterocycles. The lowest BCUT2D eigenvalue weighted by atomic mass is 10.2. The van der Waals surface area contributed by atoms with Crippen LogP contribution < -0.4 is 4.74 Å². The van der Waals surface area contributed by atoms with Crippen LogP contribution in [0.25, 0.3) is 0 Å². The van der Waals surface area contributed by atoms with Crippen LogP contribution in [0.2, 0.25) is 0 Å². The summed E-state index contributed by atoms with van der Waals surface area (Å²) in [5.74, 6) is 0.940. The molecule has 1 aromatic rings. The van der Waals surface area contributed by atoms with Gasteiger partial charge in [0.05, 0.1) is 12.2 Å². The first-order chi connectivity index (χ1) is 6.99. The highest BCUT2D eigenvalue weighted by Gasteiger charge is 2.09. The van der Waals surface area contributed by atoms with Gasteiger partial charge in [0.2, 0.25) is 0 Å². The zero-order valence-corrected chi connectivity index (χ0v) is 10.0. The Kier molecular flexibility index (Phi) is 4.15. The molecule has 2 nitrogen and oxygen atoms in total. The van der Waals surface area contributed by atoms with Crippen molar-refractivity contribution in [3.63, 3.8) is 0 Å². The fourth-order valence-corrected chi connectivity index (χ4v) is 1.22. The van der Waals surface area contributed by atoms with E-state index in [0.717, 1.165) is 11.3 Å². The number of rotatable bonds is 4. The normalized spacial score (nSPS) is 11.5. The molecule has 0 N–H and O–H groups in total. The molecule has 0 spiro atoms. The van der Waals surface area contributed by atoms with Crippen molar-refractivity contribution in [1.29, 1.82) is 0 Å². The second kappa shape index (κ2) is 5.17. The molecule has 0 atom stereocenters. The van der Waals surface area contributed by atoms with Crippen LogP contribution in [0, 0.1) is 6.92 Å². The highest BCUT2D eigenvalue weighted by atomic mass is 16.5. The summed E-state index contributed by atoms with van der Waals surface area (Å²) in [7, 11) is 0. The van der Waals surface area contributed by atoms with Gasteiger partial charge < -0.3 is 9.47 Å². The van der Waals surface area contributed by atoms with Crippen molar-refractivity contribution in [2.45, 2.75) is 33.3 Å². The van der Waals surface area contributed by atoms with Gasteiger partial charge in [0.15, 0.2) is 0 Å². The van der Waals surface area contributed by atoms with Gasteiger partial charge in [0.1, 0.15) is 12.4 Å². The summed E-state index contributed by atoms with van der Waals surface area (Å²) in [5.41, 5.74) is 1.07. The number of hydrogen-bond acceptors (Lipinski definition) is 2. The van der Waals surface area contributed by atoms with E-state index in [1.54, 1.807) is 0 Å². The Balaban J connectivity index is 2.30. The Morgan fingerprint density at radius 3 is 2.33 bits per heavy atom. The number of para-hydroxylation sites is 1. The zero-order chi connectivity index (χ0) is 11.3. The van der Waals surface area contributed by atoms with Gasteiger partial charge in [-0.05, 0) is 39.3 Å². The van der Waals surface area contributed by atoms with Crippen LogP contribution in [-0.4, -0.2) is 18.8 Å². The van der Waals surface area contributed by atoms with Crippen molar-refractivity contribution in [3.05, 3.63) is 29.8 Å². The molecule has 0 saturated heterocycles. The molecule has 0 saturated carbocycles. The standard InChI is InChI=1S/C13H20O2/c1-11-7-5-6-8-12(11)14-9-10-15-13(2,3)4/h5-8H,9-10H2,1-4H3. The third-order valence-corrected chi connectivity index (χ3v) is 1.97. The minimum atomic E-state index is -0.0882. The number of benzene rings is 1. The lowest BCUT2D eigenvalue weighted by Gasteiger charge is -2.19. The first-order valence-corrected chi connectivity index (χ1v) is 5.31. The van der Waals surface area contributed by atoms with E-state index < -0.39 is 0 Å². The number of aryl methyl sites for hydroxylation is 1. The molecule has 0 amide bonds. The fraction of sp³-hybridized carbons (Fsp3) is 0.538. The number of ether oxygens (including phenoxy) is 2. The quantitative estimate of drug-likeness (QED) is 0.707. The lowest BCUT2D eigenvalue weighted by molar-refractivity contribution is -0.0163.